The molecule has 0 unspecified atom stereocenters. The van der Waals surface area contributed by atoms with Crippen molar-refractivity contribution in [3.63, 3.8) is 0 Å². The van der Waals surface area contributed by atoms with Gasteiger partial charge in [0.1, 0.15) is 5.76 Å². The van der Waals surface area contributed by atoms with Gasteiger partial charge in [0.05, 0.1) is 19.4 Å². The van der Waals surface area contributed by atoms with Crippen molar-refractivity contribution in [3.8, 4) is 11.5 Å². The summed E-state index contributed by atoms with van der Waals surface area (Å²) in [6.07, 6.45) is 6.48. The van der Waals surface area contributed by atoms with Gasteiger partial charge in [0.15, 0.2) is 11.5 Å². The van der Waals surface area contributed by atoms with Gasteiger partial charge in [-0.1, -0.05) is 25.8 Å². The van der Waals surface area contributed by atoms with E-state index in [0.29, 0.717) is 36.9 Å². The number of benzene rings is 1. The van der Waals surface area contributed by atoms with Crippen molar-refractivity contribution in [3.05, 3.63) is 47.9 Å². The fourth-order valence-corrected chi connectivity index (χ4v) is 4.31. The number of hydrogen-bond acceptors (Lipinski definition) is 5. The van der Waals surface area contributed by atoms with Crippen LogP contribution in [-0.2, 0) is 22.7 Å². The highest BCUT2D eigenvalue weighted by molar-refractivity contribution is 5.86. The molecule has 0 N–H and O–H groups in total. The minimum atomic E-state index is -0.0890. The average Bonchev–Trinajstić information content (AvgIpc) is 3.54. The van der Waals surface area contributed by atoms with Crippen LogP contribution >= 0.6 is 0 Å². The Morgan fingerprint density at radius 2 is 1.84 bits per heavy atom. The Kier molecular flexibility index (Phi) is 6.79. The van der Waals surface area contributed by atoms with Gasteiger partial charge in [-0.3, -0.25) is 9.59 Å². The van der Waals surface area contributed by atoms with E-state index in [1.165, 1.54) is 0 Å². The summed E-state index contributed by atoms with van der Waals surface area (Å²) in [4.78, 5) is 29.8. The van der Waals surface area contributed by atoms with Crippen LogP contribution in [-0.4, -0.2) is 41.5 Å². The SMILES string of the molecule is CCCN(CC(=O)N(Cc1ccc2c(c1)OCO2)Cc1ccco1)C(=O)C1CCCC1. The third kappa shape index (κ3) is 5.21. The van der Waals surface area contributed by atoms with Crippen molar-refractivity contribution in [1.29, 1.82) is 0 Å². The number of carbonyl (C=O) groups excluding carboxylic acids is 2. The number of rotatable bonds is 9. The van der Waals surface area contributed by atoms with Crippen molar-refractivity contribution in [2.45, 2.75) is 52.1 Å². The van der Waals surface area contributed by atoms with Crippen LogP contribution in [0.2, 0.25) is 0 Å². The predicted molar refractivity (Wildman–Crippen MR) is 114 cm³/mol. The number of amides is 2. The Labute approximate surface area is 182 Å². The second-order valence-electron chi connectivity index (χ2n) is 8.26. The van der Waals surface area contributed by atoms with Crippen LogP contribution in [0.25, 0.3) is 0 Å². The van der Waals surface area contributed by atoms with Crippen molar-refractivity contribution in [2.24, 2.45) is 5.92 Å². The molecule has 4 rings (SSSR count). The molecule has 166 valence electrons. The molecule has 1 aromatic carbocycles. The third-order valence-corrected chi connectivity index (χ3v) is 5.93. The van der Waals surface area contributed by atoms with Gasteiger partial charge in [-0.25, -0.2) is 0 Å². The molecule has 1 aromatic heterocycles. The average molecular weight is 427 g/mol. The molecule has 31 heavy (non-hydrogen) atoms. The molecular formula is C24H30N2O5. The molecule has 0 spiro atoms. The largest absolute Gasteiger partial charge is 0.467 e. The number of hydrogen-bond donors (Lipinski definition) is 0. The molecule has 7 nitrogen and oxygen atoms in total. The smallest absolute Gasteiger partial charge is 0.242 e. The number of ether oxygens (including phenoxy) is 2. The number of fused-ring (bicyclic) bond motifs is 1. The van der Waals surface area contributed by atoms with Gasteiger partial charge in [0.2, 0.25) is 18.6 Å². The molecule has 0 radical (unpaired) electrons. The topological polar surface area (TPSA) is 72.2 Å². The van der Waals surface area contributed by atoms with Gasteiger partial charge in [-0.15, -0.1) is 0 Å². The van der Waals surface area contributed by atoms with Gasteiger partial charge in [-0.05, 0) is 49.1 Å². The van der Waals surface area contributed by atoms with Crippen LogP contribution in [0.3, 0.4) is 0 Å². The molecule has 0 atom stereocenters. The van der Waals surface area contributed by atoms with Gasteiger partial charge in [0, 0.05) is 19.0 Å². The maximum Gasteiger partial charge on any atom is 0.242 e. The Morgan fingerprint density at radius 1 is 1.03 bits per heavy atom. The normalized spacial score (nSPS) is 15.3. The van der Waals surface area contributed by atoms with Crippen LogP contribution in [0.4, 0.5) is 0 Å². The summed E-state index contributed by atoms with van der Waals surface area (Å²) in [5.74, 6) is 2.20. The van der Waals surface area contributed by atoms with E-state index < -0.39 is 0 Å². The zero-order chi connectivity index (χ0) is 21.6. The molecule has 2 aliphatic rings. The van der Waals surface area contributed by atoms with Crippen LogP contribution < -0.4 is 9.47 Å². The van der Waals surface area contributed by atoms with Crippen molar-refractivity contribution in [2.75, 3.05) is 19.9 Å². The molecule has 1 aliphatic carbocycles. The monoisotopic (exact) mass is 426 g/mol. The molecule has 2 aromatic rings. The van der Waals surface area contributed by atoms with E-state index in [0.717, 1.165) is 37.7 Å². The lowest BCUT2D eigenvalue weighted by atomic mass is 10.1. The lowest BCUT2D eigenvalue weighted by molar-refractivity contribution is -0.143. The number of carbonyl (C=O) groups is 2. The summed E-state index contributed by atoms with van der Waals surface area (Å²) in [6, 6.07) is 9.36. The second-order valence-corrected chi connectivity index (χ2v) is 8.26. The van der Waals surface area contributed by atoms with E-state index in [1.807, 2.05) is 37.3 Å². The maximum absolute atomic E-state index is 13.3. The minimum absolute atomic E-state index is 0.0618. The molecule has 0 bridgehead atoms. The minimum Gasteiger partial charge on any atom is -0.467 e. The highest BCUT2D eigenvalue weighted by Crippen LogP contribution is 2.33. The summed E-state index contributed by atoms with van der Waals surface area (Å²) >= 11 is 0. The van der Waals surface area contributed by atoms with E-state index in [4.69, 9.17) is 13.9 Å². The van der Waals surface area contributed by atoms with Gasteiger partial charge >= 0.3 is 0 Å². The van der Waals surface area contributed by atoms with E-state index in [2.05, 4.69) is 0 Å². The summed E-state index contributed by atoms with van der Waals surface area (Å²) in [7, 11) is 0. The third-order valence-electron chi connectivity index (χ3n) is 5.93. The van der Waals surface area contributed by atoms with Crippen LogP contribution in [0.5, 0.6) is 11.5 Å². The van der Waals surface area contributed by atoms with Crippen molar-refractivity contribution in [1.82, 2.24) is 9.80 Å². The summed E-state index contributed by atoms with van der Waals surface area (Å²) < 4.78 is 16.3. The highest BCUT2D eigenvalue weighted by atomic mass is 16.7. The van der Waals surface area contributed by atoms with Crippen LogP contribution in [0.1, 0.15) is 50.4 Å². The van der Waals surface area contributed by atoms with E-state index in [-0.39, 0.29) is 31.1 Å². The molecule has 7 heteroatoms. The van der Waals surface area contributed by atoms with E-state index >= 15 is 0 Å². The maximum atomic E-state index is 13.3. The summed E-state index contributed by atoms with van der Waals surface area (Å²) in [5, 5.41) is 0. The van der Waals surface area contributed by atoms with Gasteiger partial charge in [0.25, 0.3) is 0 Å². The first-order valence-electron chi connectivity index (χ1n) is 11.1. The molecule has 2 heterocycles. The quantitative estimate of drug-likeness (QED) is 0.607. The van der Waals surface area contributed by atoms with Gasteiger partial charge in [-0.2, -0.15) is 0 Å². The van der Waals surface area contributed by atoms with E-state index in [9.17, 15) is 9.59 Å². The Bertz CT molecular complexity index is 889. The number of furan rings is 1. The van der Waals surface area contributed by atoms with Crippen molar-refractivity contribution < 1.29 is 23.5 Å². The molecular weight excluding hydrogens is 396 g/mol. The van der Waals surface area contributed by atoms with Crippen molar-refractivity contribution >= 4 is 11.8 Å². The van der Waals surface area contributed by atoms with Gasteiger partial charge < -0.3 is 23.7 Å². The molecule has 2 amide bonds. The zero-order valence-electron chi connectivity index (χ0n) is 18.0. The Morgan fingerprint density at radius 3 is 2.58 bits per heavy atom. The first-order valence-corrected chi connectivity index (χ1v) is 11.1. The zero-order valence-corrected chi connectivity index (χ0v) is 18.0. The Hall–Kier alpha value is -2.96. The number of nitrogens with zero attached hydrogens (tertiary/aromatic N) is 2. The van der Waals surface area contributed by atoms with E-state index in [1.54, 1.807) is 16.1 Å². The Balaban J connectivity index is 1.49. The molecule has 1 aliphatic heterocycles. The predicted octanol–water partition coefficient (Wildman–Crippen LogP) is 3.97. The fraction of sp³-hybridized carbons (Fsp3) is 0.500. The summed E-state index contributed by atoms with van der Waals surface area (Å²) in [5.41, 5.74) is 0.938. The first kappa shape index (κ1) is 21.3. The fourth-order valence-electron chi connectivity index (χ4n) is 4.31. The molecule has 1 fully saturated rings. The summed E-state index contributed by atoms with van der Waals surface area (Å²) in [6.45, 7) is 3.68. The lowest BCUT2D eigenvalue weighted by Crippen LogP contribution is -2.44. The standard InChI is InChI=1S/C24H30N2O5/c1-2-11-25(24(28)19-6-3-4-7-19)16-23(27)26(15-20-8-5-12-29-20)14-18-9-10-21-22(13-18)31-17-30-21/h5,8-10,12-13,19H,2-4,6-7,11,14-17H2,1H3. The highest BCUT2D eigenvalue weighted by Gasteiger charge is 2.29. The molecule has 1 saturated carbocycles. The van der Waals surface area contributed by atoms with Crippen LogP contribution in [0.15, 0.2) is 41.0 Å². The lowest BCUT2D eigenvalue weighted by Gasteiger charge is -2.29. The second kappa shape index (κ2) is 9.90. The first-order chi connectivity index (χ1) is 15.1. The molecule has 0 saturated heterocycles. The van der Waals surface area contributed by atoms with Crippen LogP contribution in [0, 0.1) is 5.92 Å².